The van der Waals surface area contributed by atoms with Gasteiger partial charge in [0.2, 0.25) is 0 Å². The van der Waals surface area contributed by atoms with Gasteiger partial charge in [-0.25, -0.2) is 0 Å². The number of nitrogens with one attached hydrogen (secondary N) is 1. The van der Waals surface area contributed by atoms with Crippen LogP contribution < -0.4 is 5.73 Å². The minimum Gasteiger partial charge on any atom is -0.382 e. The number of aromatic amines is 1. The van der Waals surface area contributed by atoms with E-state index in [1.54, 1.807) is 0 Å². The van der Waals surface area contributed by atoms with Crippen LogP contribution in [0, 0.1) is 0 Å². The van der Waals surface area contributed by atoms with Crippen molar-refractivity contribution >= 4 is 5.82 Å². The molecule has 0 aliphatic carbocycles. The molecule has 0 radical (unpaired) electrons. The Hall–Kier alpha value is -1.07. The molecule has 0 amide bonds. The van der Waals surface area contributed by atoms with Crippen LogP contribution in [0.15, 0.2) is 6.07 Å². The van der Waals surface area contributed by atoms with Crippen molar-refractivity contribution in [2.24, 2.45) is 0 Å². The Kier molecular flexibility index (Phi) is 3.52. The van der Waals surface area contributed by atoms with Gasteiger partial charge in [0.05, 0.1) is 0 Å². The van der Waals surface area contributed by atoms with Crippen molar-refractivity contribution in [3.8, 4) is 0 Å². The number of H-pyrrole nitrogens is 1. The first-order valence-corrected chi connectivity index (χ1v) is 6.95. The molecule has 2 aliphatic heterocycles. The lowest BCUT2D eigenvalue weighted by Gasteiger charge is -2.39. The standard InChI is InChI=1S/C13H22N4O/c14-13-9-12(15-16-13)10-1-5-17(6-2-10)11-3-7-18-8-4-11/h9-11H,1-8H2,(H3,14,15,16). The van der Waals surface area contributed by atoms with Gasteiger partial charge in [-0.05, 0) is 38.8 Å². The molecular weight excluding hydrogens is 228 g/mol. The highest BCUT2D eigenvalue weighted by molar-refractivity contribution is 5.30. The molecule has 2 fully saturated rings. The van der Waals surface area contributed by atoms with Crippen molar-refractivity contribution in [2.75, 3.05) is 32.0 Å². The summed E-state index contributed by atoms with van der Waals surface area (Å²) in [6.07, 6.45) is 4.81. The van der Waals surface area contributed by atoms with Crippen LogP contribution >= 0.6 is 0 Å². The monoisotopic (exact) mass is 250 g/mol. The molecule has 0 unspecified atom stereocenters. The summed E-state index contributed by atoms with van der Waals surface area (Å²) in [5.41, 5.74) is 6.87. The third-order valence-electron chi connectivity index (χ3n) is 4.29. The largest absolute Gasteiger partial charge is 0.382 e. The lowest BCUT2D eigenvalue weighted by Crippen LogP contribution is -2.43. The molecule has 3 rings (SSSR count). The molecule has 18 heavy (non-hydrogen) atoms. The van der Waals surface area contributed by atoms with Crippen LogP contribution in [0.5, 0.6) is 0 Å². The molecule has 100 valence electrons. The molecule has 3 heterocycles. The van der Waals surface area contributed by atoms with Crippen molar-refractivity contribution in [2.45, 2.75) is 37.6 Å². The first kappa shape index (κ1) is 12.0. The molecule has 2 aliphatic rings. The van der Waals surface area contributed by atoms with Gasteiger partial charge in [-0.3, -0.25) is 5.10 Å². The average molecular weight is 250 g/mol. The summed E-state index contributed by atoms with van der Waals surface area (Å²) >= 11 is 0. The fourth-order valence-electron chi connectivity index (χ4n) is 3.19. The molecular formula is C13H22N4O. The molecule has 3 N–H and O–H groups in total. The number of ether oxygens (including phenoxy) is 1. The van der Waals surface area contributed by atoms with E-state index in [4.69, 9.17) is 10.5 Å². The molecule has 0 aromatic carbocycles. The van der Waals surface area contributed by atoms with Gasteiger partial charge in [-0.15, -0.1) is 0 Å². The Bertz CT molecular complexity index is 378. The number of likely N-dealkylation sites (tertiary alicyclic amines) is 1. The Morgan fingerprint density at radius 1 is 1.22 bits per heavy atom. The van der Waals surface area contributed by atoms with E-state index in [1.807, 2.05) is 6.07 Å². The fraction of sp³-hybridized carbons (Fsp3) is 0.769. The molecule has 0 bridgehead atoms. The smallest absolute Gasteiger partial charge is 0.145 e. The highest BCUT2D eigenvalue weighted by Gasteiger charge is 2.27. The van der Waals surface area contributed by atoms with Crippen LogP contribution in [0.4, 0.5) is 5.82 Å². The Morgan fingerprint density at radius 3 is 2.56 bits per heavy atom. The van der Waals surface area contributed by atoms with Gasteiger partial charge >= 0.3 is 0 Å². The van der Waals surface area contributed by atoms with E-state index >= 15 is 0 Å². The molecule has 1 aromatic heterocycles. The van der Waals surface area contributed by atoms with Crippen LogP contribution in [-0.4, -0.2) is 47.4 Å². The number of nitrogen functional groups attached to an aromatic ring is 1. The SMILES string of the molecule is Nc1cc(C2CCN(C3CCOCC3)CC2)[nH]n1. The van der Waals surface area contributed by atoms with Crippen molar-refractivity contribution in [3.63, 3.8) is 0 Å². The molecule has 0 atom stereocenters. The lowest BCUT2D eigenvalue weighted by atomic mass is 9.92. The number of anilines is 1. The summed E-state index contributed by atoms with van der Waals surface area (Å²) in [4.78, 5) is 2.64. The number of rotatable bonds is 2. The van der Waals surface area contributed by atoms with Crippen LogP contribution in [-0.2, 0) is 4.74 Å². The number of piperidine rings is 1. The van der Waals surface area contributed by atoms with Gasteiger partial charge in [-0.2, -0.15) is 5.10 Å². The van der Waals surface area contributed by atoms with E-state index in [-0.39, 0.29) is 0 Å². The van der Waals surface area contributed by atoms with Gasteiger partial charge < -0.3 is 15.4 Å². The maximum atomic E-state index is 5.66. The minimum absolute atomic E-state index is 0.603. The fourth-order valence-corrected chi connectivity index (χ4v) is 3.19. The van der Waals surface area contributed by atoms with E-state index in [1.165, 1.54) is 44.5 Å². The van der Waals surface area contributed by atoms with Gasteiger partial charge in [0.25, 0.3) is 0 Å². The number of hydrogen-bond acceptors (Lipinski definition) is 4. The van der Waals surface area contributed by atoms with E-state index in [0.29, 0.717) is 11.7 Å². The number of nitrogens with zero attached hydrogens (tertiary/aromatic N) is 2. The zero-order valence-electron chi connectivity index (χ0n) is 10.8. The predicted molar refractivity (Wildman–Crippen MR) is 70.4 cm³/mol. The molecule has 0 spiro atoms. The minimum atomic E-state index is 0.603. The number of hydrogen-bond donors (Lipinski definition) is 2. The van der Waals surface area contributed by atoms with Gasteiger partial charge in [-0.1, -0.05) is 0 Å². The lowest BCUT2D eigenvalue weighted by molar-refractivity contribution is 0.0250. The Morgan fingerprint density at radius 2 is 1.94 bits per heavy atom. The molecule has 5 heteroatoms. The number of aromatic nitrogens is 2. The van der Waals surface area contributed by atoms with E-state index in [2.05, 4.69) is 15.1 Å². The summed E-state index contributed by atoms with van der Waals surface area (Å²) in [7, 11) is 0. The molecule has 5 nitrogen and oxygen atoms in total. The van der Waals surface area contributed by atoms with Crippen LogP contribution in [0.3, 0.4) is 0 Å². The zero-order chi connectivity index (χ0) is 12.4. The highest BCUT2D eigenvalue weighted by atomic mass is 16.5. The van der Waals surface area contributed by atoms with Crippen molar-refractivity contribution in [1.29, 1.82) is 0 Å². The summed E-state index contributed by atoms with van der Waals surface area (Å²) in [6, 6.07) is 2.72. The normalized spacial score (nSPS) is 24.4. The van der Waals surface area contributed by atoms with E-state index in [9.17, 15) is 0 Å². The van der Waals surface area contributed by atoms with Gasteiger partial charge in [0.15, 0.2) is 0 Å². The summed E-state index contributed by atoms with van der Waals surface area (Å²) in [5.74, 6) is 1.21. The van der Waals surface area contributed by atoms with Gasteiger partial charge in [0.1, 0.15) is 5.82 Å². The van der Waals surface area contributed by atoms with E-state index < -0.39 is 0 Å². The Labute approximate surface area is 108 Å². The average Bonchev–Trinajstić information content (AvgIpc) is 2.87. The summed E-state index contributed by atoms with van der Waals surface area (Å²) in [5, 5.41) is 7.08. The maximum Gasteiger partial charge on any atom is 0.145 e. The molecule has 0 saturated carbocycles. The Balaban J connectivity index is 1.54. The van der Waals surface area contributed by atoms with Crippen molar-refractivity contribution in [3.05, 3.63) is 11.8 Å². The number of nitrogens with two attached hydrogens (primary N) is 1. The first-order valence-electron chi connectivity index (χ1n) is 6.95. The van der Waals surface area contributed by atoms with Gasteiger partial charge in [0, 0.05) is 36.9 Å². The maximum absolute atomic E-state index is 5.66. The van der Waals surface area contributed by atoms with Crippen molar-refractivity contribution < 1.29 is 4.74 Å². The quantitative estimate of drug-likeness (QED) is 0.831. The highest BCUT2D eigenvalue weighted by Crippen LogP contribution is 2.29. The molecule has 1 aromatic rings. The van der Waals surface area contributed by atoms with Crippen molar-refractivity contribution in [1.82, 2.24) is 15.1 Å². The summed E-state index contributed by atoms with van der Waals surface area (Å²) < 4.78 is 5.43. The van der Waals surface area contributed by atoms with E-state index in [0.717, 1.165) is 19.3 Å². The second-order valence-electron chi connectivity index (χ2n) is 5.40. The van der Waals surface area contributed by atoms with Crippen LogP contribution in [0.1, 0.15) is 37.3 Å². The third kappa shape index (κ3) is 2.52. The molecule has 2 saturated heterocycles. The topological polar surface area (TPSA) is 67.2 Å². The zero-order valence-corrected chi connectivity index (χ0v) is 10.8. The third-order valence-corrected chi connectivity index (χ3v) is 4.29. The first-order chi connectivity index (χ1) is 8.83. The summed E-state index contributed by atoms with van der Waals surface area (Å²) in [6.45, 7) is 4.24. The second-order valence-corrected chi connectivity index (χ2v) is 5.40. The second kappa shape index (κ2) is 5.28. The van der Waals surface area contributed by atoms with Crippen LogP contribution in [0.25, 0.3) is 0 Å². The predicted octanol–water partition coefficient (Wildman–Crippen LogP) is 1.35. The van der Waals surface area contributed by atoms with Crippen LogP contribution in [0.2, 0.25) is 0 Å².